The maximum absolute atomic E-state index is 12.9. The Hall–Kier alpha value is -3.71. The number of anilines is 1. The highest BCUT2D eigenvalue weighted by Crippen LogP contribution is 2.29. The molecule has 3 aromatic carbocycles. The van der Waals surface area contributed by atoms with Crippen molar-refractivity contribution in [2.45, 2.75) is 25.9 Å². The van der Waals surface area contributed by atoms with Crippen molar-refractivity contribution < 1.29 is 14.5 Å². The van der Waals surface area contributed by atoms with Crippen LogP contribution in [0.15, 0.2) is 72.8 Å². The number of carbonyl (C=O) groups is 1. The first-order valence-electron chi connectivity index (χ1n) is 9.90. The number of hydrogen-bond acceptors (Lipinski definition) is 5. The largest absolute Gasteiger partial charge is 0.495 e. The molecule has 3 aromatic rings. The Labute approximate surface area is 181 Å². The number of nitrogens with one attached hydrogen (secondary N) is 2. The third kappa shape index (κ3) is 5.46. The van der Waals surface area contributed by atoms with E-state index in [2.05, 4.69) is 10.6 Å². The van der Waals surface area contributed by atoms with Gasteiger partial charge < -0.3 is 10.1 Å². The Morgan fingerprint density at radius 2 is 1.65 bits per heavy atom. The molecule has 0 aliphatic heterocycles. The zero-order valence-corrected chi connectivity index (χ0v) is 17.7. The average molecular weight is 419 g/mol. The van der Waals surface area contributed by atoms with Gasteiger partial charge in [-0.05, 0) is 31.0 Å². The topological polar surface area (TPSA) is 93.5 Å². The van der Waals surface area contributed by atoms with Crippen LogP contribution in [0, 0.1) is 17.0 Å². The molecule has 0 aliphatic rings. The normalized spacial score (nSPS) is 12.6. The second-order valence-corrected chi connectivity index (χ2v) is 7.27. The number of nitrogens with zero attached hydrogens (tertiary/aromatic N) is 1. The fourth-order valence-corrected chi connectivity index (χ4v) is 3.26. The van der Waals surface area contributed by atoms with Crippen molar-refractivity contribution >= 4 is 17.3 Å². The van der Waals surface area contributed by atoms with Crippen molar-refractivity contribution in [1.29, 1.82) is 0 Å². The van der Waals surface area contributed by atoms with Crippen molar-refractivity contribution in [3.05, 3.63) is 99.6 Å². The predicted octanol–water partition coefficient (Wildman–Crippen LogP) is 4.62. The molecular formula is C24H25N3O4. The number of nitro groups is 1. The standard InChI is InChI=1S/C24H25N3O4/c1-16-9-11-19(12-10-16)23(18-7-5-4-6-8-18)25-17(2)24(28)26-21-15-20(27(29)30)13-14-22(21)31-3/h4-15,17,23,25H,1-3H3,(H,26,28)/t17-,23-/m1/s1. The van der Waals surface area contributed by atoms with Crippen molar-refractivity contribution in [3.8, 4) is 5.75 Å². The number of rotatable bonds is 8. The molecule has 3 rings (SSSR count). The summed E-state index contributed by atoms with van der Waals surface area (Å²) >= 11 is 0. The van der Waals surface area contributed by atoms with E-state index in [0.717, 1.165) is 16.7 Å². The van der Waals surface area contributed by atoms with E-state index in [0.29, 0.717) is 5.75 Å². The molecule has 7 heteroatoms. The summed E-state index contributed by atoms with van der Waals surface area (Å²) in [6, 6.07) is 21.3. The number of carbonyl (C=O) groups excluding carboxylic acids is 1. The van der Waals surface area contributed by atoms with Gasteiger partial charge in [-0.25, -0.2) is 0 Å². The molecule has 7 nitrogen and oxygen atoms in total. The number of methoxy groups -OCH3 is 1. The van der Waals surface area contributed by atoms with Crippen LogP contribution in [0.25, 0.3) is 0 Å². The van der Waals surface area contributed by atoms with Gasteiger partial charge in [-0.3, -0.25) is 20.2 Å². The van der Waals surface area contributed by atoms with Gasteiger partial charge in [0.15, 0.2) is 0 Å². The molecule has 0 saturated carbocycles. The minimum atomic E-state index is -0.588. The first-order valence-corrected chi connectivity index (χ1v) is 9.90. The van der Waals surface area contributed by atoms with Gasteiger partial charge in [-0.2, -0.15) is 0 Å². The number of non-ortho nitro benzene ring substituents is 1. The Morgan fingerprint density at radius 1 is 1.00 bits per heavy atom. The van der Waals surface area contributed by atoms with Gasteiger partial charge >= 0.3 is 0 Å². The van der Waals surface area contributed by atoms with Crippen molar-refractivity contribution in [3.63, 3.8) is 0 Å². The molecular weight excluding hydrogens is 394 g/mol. The summed E-state index contributed by atoms with van der Waals surface area (Å²) in [7, 11) is 1.45. The monoisotopic (exact) mass is 419 g/mol. The summed E-state index contributed by atoms with van der Waals surface area (Å²) in [5.74, 6) is 0.0242. The number of amides is 1. The number of nitro benzene ring substituents is 1. The number of benzene rings is 3. The van der Waals surface area contributed by atoms with Gasteiger partial charge in [0.25, 0.3) is 5.69 Å². The lowest BCUT2D eigenvalue weighted by molar-refractivity contribution is -0.384. The molecule has 0 aliphatic carbocycles. The van der Waals surface area contributed by atoms with E-state index >= 15 is 0 Å². The summed E-state index contributed by atoms with van der Waals surface area (Å²) in [4.78, 5) is 23.5. The van der Waals surface area contributed by atoms with Gasteiger partial charge in [0, 0.05) is 12.1 Å². The molecule has 0 saturated heterocycles. The van der Waals surface area contributed by atoms with Crippen LogP contribution in [0.1, 0.15) is 29.7 Å². The molecule has 1 amide bonds. The summed E-state index contributed by atoms with van der Waals surface area (Å²) in [5, 5.41) is 17.2. The zero-order chi connectivity index (χ0) is 22.4. The van der Waals surface area contributed by atoms with Crippen LogP contribution in [0.2, 0.25) is 0 Å². The van der Waals surface area contributed by atoms with Gasteiger partial charge in [-0.1, -0.05) is 60.2 Å². The van der Waals surface area contributed by atoms with E-state index in [9.17, 15) is 14.9 Å². The first-order chi connectivity index (χ1) is 14.9. The lowest BCUT2D eigenvalue weighted by Gasteiger charge is -2.24. The third-order valence-corrected chi connectivity index (χ3v) is 5.01. The lowest BCUT2D eigenvalue weighted by atomic mass is 9.97. The summed E-state index contributed by atoms with van der Waals surface area (Å²) < 4.78 is 5.23. The van der Waals surface area contributed by atoms with Gasteiger partial charge in [0.1, 0.15) is 5.75 Å². The zero-order valence-electron chi connectivity index (χ0n) is 17.7. The SMILES string of the molecule is COc1ccc([N+](=O)[O-])cc1NC(=O)[C@@H](C)N[C@H](c1ccccc1)c1ccc(C)cc1. The Kier molecular flexibility index (Phi) is 6.99. The van der Waals surface area contributed by atoms with Crippen LogP contribution in [-0.2, 0) is 4.79 Å². The predicted molar refractivity (Wildman–Crippen MR) is 120 cm³/mol. The second kappa shape index (κ2) is 9.86. The molecule has 160 valence electrons. The lowest BCUT2D eigenvalue weighted by Crippen LogP contribution is -2.40. The Morgan fingerprint density at radius 3 is 2.26 bits per heavy atom. The molecule has 0 aromatic heterocycles. The summed E-state index contributed by atoms with van der Waals surface area (Å²) in [6.07, 6.45) is 0. The fourth-order valence-electron chi connectivity index (χ4n) is 3.26. The number of hydrogen-bond donors (Lipinski definition) is 2. The summed E-state index contributed by atoms with van der Waals surface area (Å²) in [6.45, 7) is 3.78. The molecule has 0 heterocycles. The van der Waals surface area contributed by atoms with Gasteiger partial charge in [0.05, 0.1) is 29.8 Å². The van der Waals surface area contributed by atoms with Crippen LogP contribution in [-0.4, -0.2) is 24.0 Å². The maximum atomic E-state index is 12.9. The molecule has 0 spiro atoms. The fraction of sp³-hybridized carbons (Fsp3) is 0.208. The van der Waals surface area contributed by atoms with Gasteiger partial charge in [-0.15, -0.1) is 0 Å². The van der Waals surface area contributed by atoms with Crippen molar-refractivity contribution in [2.75, 3.05) is 12.4 Å². The Bertz CT molecular complexity index is 1050. The molecule has 0 fully saturated rings. The van der Waals surface area contributed by atoms with E-state index in [4.69, 9.17) is 4.74 Å². The van der Waals surface area contributed by atoms with Gasteiger partial charge in [0.2, 0.25) is 5.91 Å². The van der Waals surface area contributed by atoms with Crippen LogP contribution in [0.4, 0.5) is 11.4 Å². The molecule has 0 unspecified atom stereocenters. The van der Waals surface area contributed by atoms with E-state index < -0.39 is 11.0 Å². The number of aryl methyl sites for hydroxylation is 1. The summed E-state index contributed by atoms with van der Waals surface area (Å²) in [5.41, 5.74) is 3.34. The second-order valence-electron chi connectivity index (χ2n) is 7.27. The van der Waals surface area contributed by atoms with Crippen LogP contribution >= 0.6 is 0 Å². The van der Waals surface area contributed by atoms with Crippen molar-refractivity contribution in [1.82, 2.24) is 5.32 Å². The molecule has 0 radical (unpaired) electrons. The van der Waals surface area contributed by atoms with E-state index in [1.165, 1.54) is 25.3 Å². The highest BCUT2D eigenvalue weighted by atomic mass is 16.6. The molecule has 31 heavy (non-hydrogen) atoms. The molecule has 2 N–H and O–H groups in total. The average Bonchev–Trinajstić information content (AvgIpc) is 2.78. The Balaban J connectivity index is 1.83. The smallest absolute Gasteiger partial charge is 0.271 e. The van der Waals surface area contributed by atoms with Crippen molar-refractivity contribution in [2.24, 2.45) is 0 Å². The highest BCUT2D eigenvalue weighted by molar-refractivity contribution is 5.96. The quantitative estimate of drug-likeness (QED) is 0.411. The molecule has 0 bridgehead atoms. The highest BCUT2D eigenvalue weighted by Gasteiger charge is 2.22. The van der Waals surface area contributed by atoms with E-state index in [-0.39, 0.29) is 23.3 Å². The van der Waals surface area contributed by atoms with Crippen LogP contribution in [0.5, 0.6) is 5.75 Å². The van der Waals surface area contributed by atoms with Crippen LogP contribution < -0.4 is 15.4 Å². The third-order valence-electron chi connectivity index (χ3n) is 5.01. The minimum absolute atomic E-state index is 0.126. The number of ether oxygens (including phenoxy) is 1. The first kappa shape index (κ1) is 22.0. The maximum Gasteiger partial charge on any atom is 0.271 e. The van der Waals surface area contributed by atoms with Crippen LogP contribution in [0.3, 0.4) is 0 Å². The molecule has 2 atom stereocenters. The van der Waals surface area contributed by atoms with E-state index in [1.54, 1.807) is 6.92 Å². The minimum Gasteiger partial charge on any atom is -0.495 e. The van der Waals surface area contributed by atoms with E-state index in [1.807, 2.05) is 61.5 Å².